The summed E-state index contributed by atoms with van der Waals surface area (Å²) in [5.41, 5.74) is 1.55. The van der Waals surface area contributed by atoms with Crippen LogP contribution in [0.3, 0.4) is 0 Å². The Hall–Kier alpha value is -3.62. The molecule has 0 bridgehead atoms. The minimum Gasteiger partial charge on any atom is -0.493 e. The first-order valence-electron chi connectivity index (χ1n) is 11.2. The molecule has 0 radical (unpaired) electrons. The van der Waals surface area contributed by atoms with Crippen LogP contribution in [0.2, 0.25) is 0 Å². The second-order valence-electron chi connectivity index (χ2n) is 7.97. The summed E-state index contributed by atoms with van der Waals surface area (Å²) in [5.74, 6) is -0.448. The van der Waals surface area contributed by atoms with Crippen LogP contribution in [-0.4, -0.2) is 63.8 Å². The predicted octanol–water partition coefficient (Wildman–Crippen LogP) is 2.99. The number of methoxy groups -OCH3 is 2. The van der Waals surface area contributed by atoms with E-state index >= 15 is 0 Å². The van der Waals surface area contributed by atoms with Gasteiger partial charge in [0, 0.05) is 31.4 Å². The molecule has 1 aliphatic heterocycles. The highest BCUT2D eigenvalue weighted by atomic mass is 16.5. The predicted molar refractivity (Wildman–Crippen MR) is 130 cm³/mol. The van der Waals surface area contributed by atoms with E-state index in [-0.39, 0.29) is 6.04 Å². The molecule has 0 saturated carbocycles. The molecular weight excluding hydrogens is 434 g/mol. The summed E-state index contributed by atoms with van der Waals surface area (Å²) in [6.45, 7) is 3.07. The molecule has 1 fully saturated rings. The van der Waals surface area contributed by atoms with E-state index in [0.717, 1.165) is 29.4 Å². The lowest BCUT2D eigenvalue weighted by Crippen LogP contribution is -2.45. The van der Waals surface area contributed by atoms with E-state index in [4.69, 9.17) is 14.2 Å². The average molecular weight is 464 g/mol. The van der Waals surface area contributed by atoms with Crippen molar-refractivity contribution in [3.05, 3.63) is 66.2 Å². The number of fused-ring (bicyclic) bond motifs is 1. The molecule has 0 aliphatic carbocycles. The third-order valence-electron chi connectivity index (χ3n) is 5.97. The SMILES string of the molecule is COc1ccc(NC(=O)C(=O)NC[C@H](c2cccc3ccccc23)N2CCOCC2)cc1OC. The van der Waals surface area contributed by atoms with Crippen LogP contribution in [0.15, 0.2) is 60.7 Å². The van der Waals surface area contributed by atoms with Gasteiger partial charge in [-0.15, -0.1) is 0 Å². The van der Waals surface area contributed by atoms with E-state index in [1.54, 1.807) is 18.2 Å². The first-order chi connectivity index (χ1) is 16.6. The van der Waals surface area contributed by atoms with Crippen molar-refractivity contribution in [1.82, 2.24) is 10.2 Å². The third kappa shape index (κ3) is 5.30. The fourth-order valence-corrected chi connectivity index (χ4v) is 4.24. The van der Waals surface area contributed by atoms with Crippen LogP contribution in [0.25, 0.3) is 10.8 Å². The molecular formula is C26H29N3O5. The number of rotatable bonds is 7. The van der Waals surface area contributed by atoms with Crippen molar-refractivity contribution in [1.29, 1.82) is 0 Å². The van der Waals surface area contributed by atoms with Gasteiger partial charge >= 0.3 is 11.8 Å². The van der Waals surface area contributed by atoms with E-state index in [2.05, 4.69) is 39.8 Å². The molecule has 2 amide bonds. The van der Waals surface area contributed by atoms with Gasteiger partial charge in [0.25, 0.3) is 0 Å². The monoisotopic (exact) mass is 463 g/mol. The number of hydrogen-bond acceptors (Lipinski definition) is 6. The molecule has 1 heterocycles. The molecule has 1 atom stereocenters. The number of anilines is 1. The normalized spacial score (nSPS) is 14.9. The molecule has 1 saturated heterocycles. The minimum atomic E-state index is -0.745. The largest absolute Gasteiger partial charge is 0.493 e. The van der Waals surface area contributed by atoms with Gasteiger partial charge < -0.3 is 24.8 Å². The van der Waals surface area contributed by atoms with Crippen LogP contribution in [0.4, 0.5) is 5.69 Å². The van der Waals surface area contributed by atoms with Crippen molar-refractivity contribution < 1.29 is 23.8 Å². The molecule has 3 aromatic carbocycles. The van der Waals surface area contributed by atoms with Crippen LogP contribution in [0.5, 0.6) is 11.5 Å². The number of carbonyl (C=O) groups is 2. The van der Waals surface area contributed by atoms with Gasteiger partial charge in [0.1, 0.15) is 0 Å². The van der Waals surface area contributed by atoms with Gasteiger partial charge in [0.05, 0.1) is 33.5 Å². The Balaban J connectivity index is 1.49. The van der Waals surface area contributed by atoms with Gasteiger partial charge in [0.15, 0.2) is 11.5 Å². The summed E-state index contributed by atoms with van der Waals surface area (Å²) >= 11 is 0. The van der Waals surface area contributed by atoms with Gasteiger partial charge in [-0.2, -0.15) is 0 Å². The van der Waals surface area contributed by atoms with E-state index in [9.17, 15) is 9.59 Å². The highest BCUT2D eigenvalue weighted by molar-refractivity contribution is 6.39. The van der Waals surface area contributed by atoms with Crippen molar-refractivity contribution in [3.63, 3.8) is 0 Å². The fraction of sp³-hybridized carbons (Fsp3) is 0.308. The van der Waals surface area contributed by atoms with Crippen LogP contribution < -0.4 is 20.1 Å². The Labute approximate surface area is 198 Å². The lowest BCUT2D eigenvalue weighted by Gasteiger charge is -2.35. The van der Waals surface area contributed by atoms with Gasteiger partial charge in [-0.05, 0) is 28.5 Å². The highest BCUT2D eigenvalue weighted by Crippen LogP contribution is 2.30. The molecule has 0 unspecified atom stereocenters. The minimum absolute atomic E-state index is 0.0900. The molecule has 2 N–H and O–H groups in total. The Bertz CT molecular complexity index is 1150. The summed E-state index contributed by atoms with van der Waals surface area (Å²) in [7, 11) is 3.04. The molecule has 4 rings (SSSR count). The van der Waals surface area contributed by atoms with Gasteiger partial charge in [-0.1, -0.05) is 42.5 Å². The van der Waals surface area contributed by atoms with Crippen molar-refractivity contribution in [2.75, 3.05) is 52.4 Å². The number of ether oxygens (including phenoxy) is 3. The van der Waals surface area contributed by atoms with Gasteiger partial charge in [-0.25, -0.2) is 0 Å². The number of benzene rings is 3. The molecule has 0 spiro atoms. The Morgan fingerprint density at radius 2 is 1.68 bits per heavy atom. The van der Waals surface area contributed by atoms with Crippen molar-refractivity contribution in [3.8, 4) is 11.5 Å². The molecule has 1 aliphatic rings. The maximum absolute atomic E-state index is 12.7. The van der Waals surface area contributed by atoms with Crippen molar-refractivity contribution >= 4 is 28.3 Å². The summed E-state index contributed by atoms with van der Waals surface area (Å²) in [6, 6.07) is 19.2. The lowest BCUT2D eigenvalue weighted by atomic mass is 9.97. The van der Waals surface area contributed by atoms with Crippen LogP contribution in [0, 0.1) is 0 Å². The zero-order valence-corrected chi connectivity index (χ0v) is 19.4. The first kappa shape index (κ1) is 23.5. The summed E-state index contributed by atoms with van der Waals surface area (Å²) in [5, 5.41) is 7.71. The van der Waals surface area contributed by atoms with Crippen molar-refractivity contribution in [2.24, 2.45) is 0 Å². The smallest absolute Gasteiger partial charge is 0.313 e. The number of amides is 2. The summed E-state index contributed by atoms with van der Waals surface area (Å²) < 4.78 is 16.0. The van der Waals surface area contributed by atoms with E-state index in [0.29, 0.717) is 36.9 Å². The van der Waals surface area contributed by atoms with Gasteiger partial charge in [-0.3, -0.25) is 14.5 Å². The molecule has 8 heteroatoms. The lowest BCUT2D eigenvalue weighted by molar-refractivity contribution is -0.136. The second-order valence-corrected chi connectivity index (χ2v) is 7.97. The topological polar surface area (TPSA) is 89.1 Å². The number of nitrogens with zero attached hydrogens (tertiary/aromatic N) is 1. The summed E-state index contributed by atoms with van der Waals surface area (Å²) in [6.07, 6.45) is 0. The quantitative estimate of drug-likeness (QED) is 0.524. The van der Waals surface area contributed by atoms with Crippen LogP contribution in [-0.2, 0) is 14.3 Å². The second kappa shape index (κ2) is 11.0. The number of carbonyl (C=O) groups excluding carboxylic acids is 2. The van der Waals surface area contributed by atoms with E-state index in [1.165, 1.54) is 14.2 Å². The number of morpholine rings is 1. The van der Waals surface area contributed by atoms with E-state index < -0.39 is 11.8 Å². The molecule has 8 nitrogen and oxygen atoms in total. The maximum Gasteiger partial charge on any atom is 0.313 e. The van der Waals surface area contributed by atoms with Crippen molar-refractivity contribution in [2.45, 2.75) is 6.04 Å². The molecule has 0 aromatic heterocycles. The van der Waals surface area contributed by atoms with Crippen LogP contribution >= 0.6 is 0 Å². The zero-order valence-electron chi connectivity index (χ0n) is 19.4. The van der Waals surface area contributed by atoms with Gasteiger partial charge in [0.2, 0.25) is 0 Å². The Morgan fingerprint density at radius 1 is 0.941 bits per heavy atom. The summed E-state index contributed by atoms with van der Waals surface area (Å²) in [4.78, 5) is 27.5. The molecule has 178 valence electrons. The number of nitrogens with one attached hydrogen (secondary N) is 2. The molecule has 34 heavy (non-hydrogen) atoms. The Morgan fingerprint density at radius 3 is 2.44 bits per heavy atom. The maximum atomic E-state index is 12.7. The Kier molecular flexibility index (Phi) is 7.61. The van der Waals surface area contributed by atoms with Crippen LogP contribution in [0.1, 0.15) is 11.6 Å². The fourth-order valence-electron chi connectivity index (χ4n) is 4.24. The zero-order chi connectivity index (χ0) is 23.9. The standard InChI is InChI=1S/C26H29N3O5/c1-32-23-11-10-19(16-24(23)33-2)28-26(31)25(30)27-17-22(29-12-14-34-15-13-29)21-9-5-7-18-6-3-4-8-20(18)21/h3-11,16,22H,12-15,17H2,1-2H3,(H,27,30)(H,28,31)/t22-/m1/s1. The average Bonchev–Trinajstić information content (AvgIpc) is 2.89. The first-order valence-corrected chi connectivity index (χ1v) is 11.2. The number of hydrogen-bond donors (Lipinski definition) is 2. The molecule has 3 aromatic rings. The highest BCUT2D eigenvalue weighted by Gasteiger charge is 2.26. The van der Waals surface area contributed by atoms with E-state index in [1.807, 2.05) is 18.2 Å². The third-order valence-corrected chi connectivity index (χ3v) is 5.97.